The number of nitrogens with zero attached hydrogens (tertiary/aromatic N) is 2. The first kappa shape index (κ1) is 25.4. The molecule has 9 heteroatoms. The number of allylic oxidation sites excluding steroid dienone is 1. The molecule has 8 nitrogen and oxygen atoms in total. The average Bonchev–Trinajstić information content (AvgIpc) is 2.93. The summed E-state index contributed by atoms with van der Waals surface area (Å²) in [7, 11) is 1.58. The highest BCUT2D eigenvalue weighted by molar-refractivity contribution is 8.13. The first-order valence-electron chi connectivity index (χ1n) is 12.4. The van der Waals surface area contributed by atoms with Gasteiger partial charge in [0.2, 0.25) is 0 Å². The van der Waals surface area contributed by atoms with E-state index in [0.29, 0.717) is 34.1 Å². The number of para-hydroxylation sites is 3. The van der Waals surface area contributed by atoms with Gasteiger partial charge in [-0.1, -0.05) is 54.2 Å². The van der Waals surface area contributed by atoms with Gasteiger partial charge in [-0.25, -0.2) is 9.79 Å². The van der Waals surface area contributed by atoms with Crippen LogP contribution in [-0.2, 0) is 4.79 Å². The van der Waals surface area contributed by atoms with Crippen molar-refractivity contribution in [2.75, 3.05) is 35.4 Å². The monoisotopic (exact) mass is 527 g/mol. The van der Waals surface area contributed by atoms with Crippen LogP contribution in [0.4, 0.5) is 21.9 Å². The van der Waals surface area contributed by atoms with Crippen LogP contribution in [0.15, 0.2) is 95.1 Å². The molecule has 0 aromatic heterocycles. The molecule has 1 atom stereocenters. The van der Waals surface area contributed by atoms with Gasteiger partial charge in [0.15, 0.2) is 5.17 Å². The molecule has 0 radical (unpaired) electrons. The minimum absolute atomic E-state index is 0.240. The Kier molecular flexibility index (Phi) is 7.65. The molecule has 0 spiro atoms. The van der Waals surface area contributed by atoms with Gasteiger partial charge in [0, 0.05) is 23.7 Å². The zero-order valence-electron chi connectivity index (χ0n) is 21.2. The molecule has 2 heterocycles. The Morgan fingerprint density at radius 1 is 0.947 bits per heavy atom. The topological polar surface area (TPSA) is 95.1 Å². The Hall–Kier alpha value is -4.24. The summed E-state index contributed by atoms with van der Waals surface area (Å²) in [6, 6.07) is 23.5. The smallest absolute Gasteiger partial charge is 0.323 e. The maximum atomic E-state index is 13.8. The van der Waals surface area contributed by atoms with Crippen LogP contribution >= 0.6 is 11.8 Å². The van der Waals surface area contributed by atoms with Gasteiger partial charge in [0.05, 0.1) is 30.1 Å². The highest BCUT2D eigenvalue weighted by atomic mass is 32.2. The van der Waals surface area contributed by atoms with Crippen LogP contribution in [0.5, 0.6) is 5.75 Å². The van der Waals surface area contributed by atoms with Crippen LogP contribution in [0.1, 0.15) is 24.9 Å². The largest absolute Gasteiger partial charge is 0.495 e. The van der Waals surface area contributed by atoms with Crippen molar-refractivity contribution in [2.45, 2.75) is 19.4 Å². The summed E-state index contributed by atoms with van der Waals surface area (Å²) in [5.74, 6) is 1.33. The fourth-order valence-electron chi connectivity index (χ4n) is 4.64. The van der Waals surface area contributed by atoms with Crippen molar-refractivity contribution in [2.24, 2.45) is 4.99 Å². The summed E-state index contributed by atoms with van der Waals surface area (Å²) in [5.41, 5.74) is 4.05. The van der Waals surface area contributed by atoms with E-state index >= 15 is 0 Å². The predicted molar refractivity (Wildman–Crippen MR) is 154 cm³/mol. The number of carbonyl (C=O) groups is 2. The van der Waals surface area contributed by atoms with Crippen LogP contribution < -0.4 is 20.7 Å². The summed E-state index contributed by atoms with van der Waals surface area (Å²) < 4.78 is 5.43. The molecule has 0 saturated carbocycles. The molecule has 2 aliphatic heterocycles. The highest BCUT2D eigenvalue weighted by Gasteiger charge is 2.37. The summed E-state index contributed by atoms with van der Waals surface area (Å²) in [4.78, 5) is 33.4. The Balaban J connectivity index is 1.45. The van der Waals surface area contributed by atoms with Crippen molar-refractivity contribution >= 4 is 45.9 Å². The molecule has 3 N–H and O–H groups in total. The van der Waals surface area contributed by atoms with E-state index in [2.05, 4.69) is 20.9 Å². The fraction of sp³-hybridized carbons (Fsp3) is 0.207. The van der Waals surface area contributed by atoms with Crippen LogP contribution in [0, 0.1) is 0 Å². The van der Waals surface area contributed by atoms with Crippen molar-refractivity contribution in [1.82, 2.24) is 4.90 Å². The number of aliphatic imine (C=N–C) groups is 1. The number of benzene rings is 3. The molecule has 1 fully saturated rings. The Bertz CT molecular complexity index is 1410. The van der Waals surface area contributed by atoms with E-state index in [4.69, 9.17) is 9.73 Å². The van der Waals surface area contributed by atoms with Gasteiger partial charge in [0.25, 0.3) is 5.91 Å². The van der Waals surface area contributed by atoms with E-state index in [1.54, 1.807) is 18.9 Å². The van der Waals surface area contributed by atoms with E-state index in [1.165, 1.54) is 0 Å². The lowest BCUT2D eigenvalue weighted by Crippen LogP contribution is -2.43. The predicted octanol–water partition coefficient (Wildman–Crippen LogP) is 6.10. The number of fused-ring (bicyclic) bond motifs is 1. The average molecular weight is 528 g/mol. The standard InChI is InChI=1S/C29H29N5O3S/c1-19-25(27(35)33-23-14-6-7-15-24(23)37-2)26(34-16-9-17-38-29(34)30-19)20-10-8-13-22(18-20)32-28(36)31-21-11-4-3-5-12-21/h3-8,10-15,18,26H,9,16-17H2,1-2H3,(H,33,35)(H2,31,32,36). The molecule has 1 unspecified atom stereocenters. The minimum atomic E-state index is -0.357. The number of carbonyl (C=O) groups excluding carboxylic acids is 2. The van der Waals surface area contributed by atoms with Crippen molar-refractivity contribution < 1.29 is 14.3 Å². The molecule has 5 rings (SSSR count). The number of nitrogens with one attached hydrogen (secondary N) is 3. The second-order valence-corrected chi connectivity index (χ2v) is 9.98. The molecule has 2 aliphatic rings. The lowest BCUT2D eigenvalue weighted by molar-refractivity contribution is -0.113. The zero-order chi connectivity index (χ0) is 26.5. The molecule has 0 bridgehead atoms. The Morgan fingerprint density at radius 2 is 1.68 bits per heavy atom. The summed E-state index contributed by atoms with van der Waals surface area (Å²) in [6.45, 7) is 2.65. The number of methoxy groups -OCH3 is 1. The second-order valence-electron chi connectivity index (χ2n) is 8.92. The molecule has 3 aromatic carbocycles. The van der Waals surface area contributed by atoms with Crippen LogP contribution in [0.3, 0.4) is 0 Å². The lowest BCUT2D eigenvalue weighted by atomic mass is 9.93. The zero-order valence-corrected chi connectivity index (χ0v) is 22.0. The fourth-order valence-corrected chi connectivity index (χ4v) is 5.66. The first-order chi connectivity index (χ1) is 18.5. The van der Waals surface area contributed by atoms with Crippen molar-refractivity contribution in [3.8, 4) is 5.75 Å². The molecule has 3 amide bonds. The SMILES string of the molecule is COc1ccccc1NC(=O)C1=C(C)N=C2SCCCN2C1c1cccc(NC(=O)Nc2ccccc2)c1. The lowest BCUT2D eigenvalue weighted by Gasteiger charge is -2.41. The van der Waals surface area contributed by atoms with Gasteiger partial charge in [0.1, 0.15) is 5.75 Å². The normalized spacial score (nSPS) is 16.7. The van der Waals surface area contributed by atoms with Crippen LogP contribution in [-0.4, -0.2) is 41.4 Å². The van der Waals surface area contributed by atoms with Gasteiger partial charge in [-0.05, 0) is 55.3 Å². The first-order valence-corrected chi connectivity index (χ1v) is 13.4. The number of hydrogen-bond donors (Lipinski definition) is 3. The van der Waals surface area contributed by atoms with Gasteiger partial charge < -0.3 is 25.6 Å². The number of urea groups is 1. The molecule has 0 aliphatic carbocycles. The van der Waals surface area contributed by atoms with Gasteiger partial charge >= 0.3 is 6.03 Å². The quantitative estimate of drug-likeness (QED) is 0.360. The summed E-state index contributed by atoms with van der Waals surface area (Å²) >= 11 is 1.70. The third-order valence-corrected chi connectivity index (χ3v) is 7.43. The Labute approximate surface area is 226 Å². The number of amides is 3. The Morgan fingerprint density at radius 3 is 2.50 bits per heavy atom. The number of ether oxygens (including phenoxy) is 1. The van der Waals surface area contributed by atoms with E-state index in [1.807, 2.05) is 85.8 Å². The number of anilines is 3. The van der Waals surface area contributed by atoms with Gasteiger partial charge in [-0.2, -0.15) is 0 Å². The number of rotatable bonds is 6. The molecule has 3 aromatic rings. The van der Waals surface area contributed by atoms with Crippen LogP contribution in [0.25, 0.3) is 0 Å². The molecular formula is C29H29N5O3S. The third-order valence-electron chi connectivity index (χ3n) is 6.35. The number of hydrogen-bond acceptors (Lipinski definition) is 6. The van der Waals surface area contributed by atoms with Crippen LogP contribution in [0.2, 0.25) is 0 Å². The summed E-state index contributed by atoms with van der Waals surface area (Å²) in [5, 5.41) is 9.69. The minimum Gasteiger partial charge on any atom is -0.495 e. The van der Waals surface area contributed by atoms with E-state index in [9.17, 15) is 9.59 Å². The van der Waals surface area contributed by atoms with Gasteiger partial charge in [-0.3, -0.25) is 4.79 Å². The number of amidine groups is 1. The second kappa shape index (κ2) is 11.4. The maximum Gasteiger partial charge on any atom is 0.323 e. The molecule has 38 heavy (non-hydrogen) atoms. The summed E-state index contributed by atoms with van der Waals surface area (Å²) in [6.07, 6.45) is 0.984. The van der Waals surface area contributed by atoms with Crippen molar-refractivity contribution in [3.63, 3.8) is 0 Å². The molecule has 194 valence electrons. The van der Waals surface area contributed by atoms with Crippen molar-refractivity contribution in [1.29, 1.82) is 0 Å². The van der Waals surface area contributed by atoms with E-state index < -0.39 is 0 Å². The van der Waals surface area contributed by atoms with Gasteiger partial charge in [-0.15, -0.1) is 0 Å². The molecule has 1 saturated heterocycles. The highest BCUT2D eigenvalue weighted by Crippen LogP contribution is 2.40. The van der Waals surface area contributed by atoms with Crippen molar-refractivity contribution in [3.05, 3.63) is 95.7 Å². The third kappa shape index (κ3) is 5.52. The van der Waals surface area contributed by atoms with E-state index in [-0.39, 0.29) is 18.0 Å². The number of thioether (sulfide) groups is 1. The molecular weight excluding hydrogens is 498 g/mol. The maximum absolute atomic E-state index is 13.8. The van der Waals surface area contributed by atoms with E-state index in [0.717, 1.165) is 29.4 Å².